The Labute approximate surface area is 163 Å². The van der Waals surface area contributed by atoms with Gasteiger partial charge in [-0.15, -0.1) is 12.4 Å². The number of alkyl halides is 2. The molecule has 10 heteroatoms. The summed E-state index contributed by atoms with van der Waals surface area (Å²) in [6, 6.07) is 5.92. The van der Waals surface area contributed by atoms with Crippen LogP contribution in [-0.4, -0.2) is 81.2 Å². The molecule has 1 saturated heterocycles. The molecule has 27 heavy (non-hydrogen) atoms. The molecule has 2 rings (SSSR count). The van der Waals surface area contributed by atoms with Crippen molar-refractivity contribution < 1.29 is 27.8 Å². The lowest BCUT2D eigenvalue weighted by Gasteiger charge is -2.35. The summed E-state index contributed by atoms with van der Waals surface area (Å²) < 4.78 is 34.3. The number of hydrogen-bond acceptors (Lipinski definition) is 5. The predicted octanol–water partition coefficient (Wildman–Crippen LogP) is 1.23. The molecule has 2 amide bonds. The molecule has 152 valence electrons. The molecule has 0 bridgehead atoms. The normalized spacial score (nSPS) is 14.1. The second-order valence-electron chi connectivity index (χ2n) is 5.72. The van der Waals surface area contributed by atoms with Crippen molar-refractivity contribution in [1.82, 2.24) is 15.1 Å². The zero-order valence-corrected chi connectivity index (χ0v) is 15.8. The minimum Gasteiger partial charge on any atom is -0.434 e. The third-order valence-corrected chi connectivity index (χ3v) is 4.01. The lowest BCUT2D eigenvalue weighted by molar-refractivity contribution is -0.131. The number of piperazine rings is 1. The van der Waals surface area contributed by atoms with E-state index in [0.29, 0.717) is 39.3 Å². The molecular formula is C17H24ClF2N3O4. The summed E-state index contributed by atoms with van der Waals surface area (Å²) in [6.07, 6.45) is 0. The Kier molecular flexibility index (Phi) is 9.98. The standard InChI is InChI=1S/C17H23F2N3O4.ClH/c1-25-11-6-20-12-15(23)21-7-9-22(10-8-21)16(24)13-4-2-3-5-14(13)26-17(18)19;/h2-5,17,20H,6-12H2,1H3;1H. The van der Waals surface area contributed by atoms with Gasteiger partial charge in [0.2, 0.25) is 5.91 Å². The van der Waals surface area contributed by atoms with Crippen LogP contribution >= 0.6 is 12.4 Å². The maximum Gasteiger partial charge on any atom is 0.387 e. The fraction of sp³-hybridized carbons (Fsp3) is 0.529. The minimum absolute atomic E-state index is 0. The van der Waals surface area contributed by atoms with E-state index in [1.54, 1.807) is 18.1 Å². The molecule has 1 N–H and O–H groups in total. The number of halogens is 3. The van der Waals surface area contributed by atoms with E-state index in [0.717, 1.165) is 0 Å². The summed E-state index contributed by atoms with van der Waals surface area (Å²) in [7, 11) is 1.59. The Morgan fingerprint density at radius 1 is 1.15 bits per heavy atom. The van der Waals surface area contributed by atoms with Crippen molar-refractivity contribution in [2.45, 2.75) is 6.61 Å². The van der Waals surface area contributed by atoms with Crippen LogP contribution in [0.5, 0.6) is 5.75 Å². The summed E-state index contributed by atoms with van der Waals surface area (Å²) >= 11 is 0. The zero-order valence-electron chi connectivity index (χ0n) is 15.0. The van der Waals surface area contributed by atoms with E-state index in [4.69, 9.17) is 4.74 Å². The van der Waals surface area contributed by atoms with E-state index in [2.05, 4.69) is 10.1 Å². The highest BCUT2D eigenvalue weighted by Crippen LogP contribution is 2.22. The zero-order chi connectivity index (χ0) is 18.9. The summed E-state index contributed by atoms with van der Waals surface area (Å²) in [4.78, 5) is 27.9. The summed E-state index contributed by atoms with van der Waals surface area (Å²) in [5.74, 6) is -0.574. The van der Waals surface area contributed by atoms with Crippen LogP contribution in [0.1, 0.15) is 10.4 Å². The van der Waals surface area contributed by atoms with Gasteiger partial charge in [0.1, 0.15) is 5.75 Å². The first-order chi connectivity index (χ1) is 12.5. The lowest BCUT2D eigenvalue weighted by Crippen LogP contribution is -2.52. The second kappa shape index (κ2) is 11.7. The number of rotatable bonds is 8. The topological polar surface area (TPSA) is 71.1 Å². The second-order valence-corrected chi connectivity index (χ2v) is 5.72. The molecule has 1 fully saturated rings. The van der Waals surface area contributed by atoms with Gasteiger partial charge in [-0.2, -0.15) is 8.78 Å². The van der Waals surface area contributed by atoms with Crippen molar-refractivity contribution in [3.05, 3.63) is 29.8 Å². The maximum atomic E-state index is 12.6. The Hall–Kier alpha value is -1.97. The monoisotopic (exact) mass is 407 g/mol. The number of benzene rings is 1. The van der Waals surface area contributed by atoms with Crippen LogP contribution in [-0.2, 0) is 9.53 Å². The van der Waals surface area contributed by atoms with Crippen molar-refractivity contribution in [3.63, 3.8) is 0 Å². The third-order valence-electron chi connectivity index (χ3n) is 4.01. The number of para-hydroxylation sites is 1. The largest absolute Gasteiger partial charge is 0.434 e. The predicted molar refractivity (Wildman–Crippen MR) is 97.6 cm³/mol. The number of amides is 2. The number of carbonyl (C=O) groups excluding carboxylic acids is 2. The lowest BCUT2D eigenvalue weighted by atomic mass is 10.1. The number of nitrogens with zero attached hydrogens (tertiary/aromatic N) is 2. The van der Waals surface area contributed by atoms with Crippen LogP contribution in [0, 0.1) is 0 Å². The van der Waals surface area contributed by atoms with Crippen LogP contribution in [0.4, 0.5) is 8.78 Å². The van der Waals surface area contributed by atoms with E-state index >= 15 is 0 Å². The fourth-order valence-electron chi connectivity index (χ4n) is 2.65. The first-order valence-electron chi connectivity index (χ1n) is 8.33. The van der Waals surface area contributed by atoms with Gasteiger partial charge in [0.25, 0.3) is 5.91 Å². The van der Waals surface area contributed by atoms with E-state index in [9.17, 15) is 18.4 Å². The molecule has 0 aliphatic carbocycles. The van der Waals surface area contributed by atoms with Gasteiger partial charge in [-0.05, 0) is 12.1 Å². The Morgan fingerprint density at radius 3 is 2.41 bits per heavy atom. The molecule has 0 unspecified atom stereocenters. The smallest absolute Gasteiger partial charge is 0.387 e. The molecular weight excluding hydrogens is 384 g/mol. The molecule has 0 spiro atoms. The van der Waals surface area contributed by atoms with Gasteiger partial charge >= 0.3 is 6.61 Å². The average Bonchev–Trinajstić information content (AvgIpc) is 2.64. The number of carbonyl (C=O) groups is 2. The number of nitrogens with one attached hydrogen (secondary N) is 1. The molecule has 0 saturated carbocycles. The summed E-state index contributed by atoms with van der Waals surface area (Å²) in [6.45, 7) is -0.205. The quantitative estimate of drug-likeness (QED) is 0.656. The Bertz CT molecular complexity index is 614. The molecule has 0 radical (unpaired) electrons. The van der Waals surface area contributed by atoms with E-state index < -0.39 is 6.61 Å². The first-order valence-corrected chi connectivity index (χ1v) is 8.33. The van der Waals surface area contributed by atoms with E-state index in [-0.39, 0.29) is 42.1 Å². The highest BCUT2D eigenvalue weighted by molar-refractivity contribution is 5.97. The van der Waals surface area contributed by atoms with Crippen molar-refractivity contribution in [2.24, 2.45) is 0 Å². The first kappa shape index (κ1) is 23.1. The number of ether oxygens (including phenoxy) is 2. The third kappa shape index (κ3) is 6.93. The summed E-state index contributed by atoms with van der Waals surface area (Å²) in [5, 5.41) is 2.98. The number of methoxy groups -OCH3 is 1. The van der Waals surface area contributed by atoms with E-state index in [1.807, 2.05) is 0 Å². The molecule has 7 nitrogen and oxygen atoms in total. The molecule has 1 aromatic carbocycles. The van der Waals surface area contributed by atoms with Crippen molar-refractivity contribution in [2.75, 3.05) is 53.0 Å². The molecule has 0 atom stereocenters. The molecule has 1 aromatic rings. The van der Waals surface area contributed by atoms with Crippen LogP contribution in [0.15, 0.2) is 24.3 Å². The average molecular weight is 408 g/mol. The highest BCUT2D eigenvalue weighted by Gasteiger charge is 2.26. The Balaban J connectivity index is 0.00000364. The molecule has 0 aromatic heterocycles. The van der Waals surface area contributed by atoms with Crippen molar-refractivity contribution in [3.8, 4) is 5.75 Å². The van der Waals surface area contributed by atoms with Gasteiger partial charge in [-0.3, -0.25) is 9.59 Å². The summed E-state index contributed by atoms with van der Waals surface area (Å²) in [5.41, 5.74) is 0.0915. The van der Waals surface area contributed by atoms with Crippen molar-refractivity contribution in [1.29, 1.82) is 0 Å². The van der Waals surface area contributed by atoms with E-state index in [1.165, 1.54) is 23.1 Å². The fourth-order valence-corrected chi connectivity index (χ4v) is 2.65. The van der Waals surface area contributed by atoms with Gasteiger partial charge in [0, 0.05) is 39.8 Å². The number of hydrogen-bond donors (Lipinski definition) is 1. The Morgan fingerprint density at radius 2 is 1.78 bits per heavy atom. The van der Waals surface area contributed by atoms with Gasteiger partial charge in [0.15, 0.2) is 0 Å². The van der Waals surface area contributed by atoms with Gasteiger partial charge in [-0.25, -0.2) is 0 Å². The highest BCUT2D eigenvalue weighted by atomic mass is 35.5. The maximum absolute atomic E-state index is 12.6. The van der Waals surface area contributed by atoms with Crippen LogP contribution < -0.4 is 10.1 Å². The van der Waals surface area contributed by atoms with Crippen LogP contribution in [0.2, 0.25) is 0 Å². The van der Waals surface area contributed by atoms with Crippen molar-refractivity contribution >= 4 is 24.2 Å². The molecule has 1 aliphatic heterocycles. The SMILES string of the molecule is COCCNCC(=O)N1CCN(C(=O)c2ccccc2OC(F)F)CC1.Cl. The van der Waals surface area contributed by atoms with Gasteiger partial charge < -0.3 is 24.6 Å². The molecule has 1 aliphatic rings. The molecule has 1 heterocycles. The van der Waals surface area contributed by atoms with Gasteiger partial charge in [-0.1, -0.05) is 12.1 Å². The minimum atomic E-state index is -3.00. The van der Waals surface area contributed by atoms with Gasteiger partial charge in [0.05, 0.1) is 18.7 Å². The van der Waals surface area contributed by atoms with Crippen LogP contribution in [0.3, 0.4) is 0 Å². The van der Waals surface area contributed by atoms with Crippen LogP contribution in [0.25, 0.3) is 0 Å².